The summed E-state index contributed by atoms with van der Waals surface area (Å²) in [6, 6.07) is 0.657. The molecule has 1 aliphatic carbocycles. The fourth-order valence-electron chi connectivity index (χ4n) is 2.48. The second kappa shape index (κ2) is 9.77. The first-order valence-corrected chi connectivity index (χ1v) is 10.1. The van der Waals surface area contributed by atoms with Gasteiger partial charge in [0.2, 0.25) is 10.0 Å². The van der Waals surface area contributed by atoms with Crippen LogP contribution in [0.4, 0.5) is 0 Å². The molecule has 0 aromatic rings. The molecule has 1 fully saturated rings. The largest absolute Gasteiger partial charge is 0.314 e. The van der Waals surface area contributed by atoms with Crippen molar-refractivity contribution in [1.82, 2.24) is 14.5 Å². The molecule has 0 spiro atoms. The highest BCUT2D eigenvalue weighted by Gasteiger charge is 2.22. The number of hydrogen-bond donors (Lipinski definition) is 1. The molecule has 1 N–H and O–H groups in total. The van der Waals surface area contributed by atoms with Crippen LogP contribution in [0, 0.1) is 0 Å². The fraction of sp³-hybridized carbons (Fsp3) is 1.00. The van der Waals surface area contributed by atoms with E-state index >= 15 is 0 Å². The smallest absolute Gasteiger partial charge is 0.214 e. The highest BCUT2D eigenvalue weighted by atomic mass is 32.2. The van der Waals surface area contributed by atoms with E-state index in [0.717, 1.165) is 32.6 Å². The molecule has 0 amide bonds. The predicted molar refractivity (Wildman–Crippen MR) is 89.1 cm³/mol. The Hall–Kier alpha value is -0.170. The zero-order valence-electron chi connectivity index (χ0n) is 14.0. The second-order valence-electron chi connectivity index (χ2n) is 5.77. The molecule has 0 aromatic carbocycles. The molecule has 0 atom stereocenters. The van der Waals surface area contributed by atoms with E-state index in [-0.39, 0.29) is 5.75 Å². The van der Waals surface area contributed by atoms with Gasteiger partial charge in [-0.05, 0) is 51.9 Å². The number of hydrogen-bond acceptors (Lipinski definition) is 4. The molecule has 1 rings (SSSR count). The van der Waals surface area contributed by atoms with Gasteiger partial charge < -0.3 is 10.2 Å². The standard InChI is InChI=1S/C15H33N3O2S/c1-4-17(5-2)12-8-13-18(6-3)21(19,20)14-7-11-16-15-9-10-15/h15-16H,4-14H2,1-3H3. The van der Waals surface area contributed by atoms with E-state index in [4.69, 9.17) is 0 Å². The van der Waals surface area contributed by atoms with Gasteiger partial charge in [-0.3, -0.25) is 0 Å². The molecule has 1 aliphatic rings. The lowest BCUT2D eigenvalue weighted by atomic mass is 10.3. The molecule has 0 saturated heterocycles. The van der Waals surface area contributed by atoms with Crippen molar-refractivity contribution in [3.05, 3.63) is 0 Å². The summed E-state index contributed by atoms with van der Waals surface area (Å²) in [6.45, 7) is 11.3. The van der Waals surface area contributed by atoms with Crippen LogP contribution in [0.25, 0.3) is 0 Å². The lowest BCUT2D eigenvalue weighted by Crippen LogP contribution is -2.36. The average molecular weight is 320 g/mol. The van der Waals surface area contributed by atoms with Crippen LogP contribution in [0.1, 0.15) is 46.5 Å². The summed E-state index contributed by atoms with van der Waals surface area (Å²) in [5.74, 6) is 0.270. The Morgan fingerprint density at radius 2 is 1.67 bits per heavy atom. The number of sulfonamides is 1. The monoisotopic (exact) mass is 319 g/mol. The molecule has 0 bridgehead atoms. The average Bonchev–Trinajstić information content (AvgIpc) is 3.28. The molecule has 6 heteroatoms. The Bertz CT molecular complexity index is 365. The minimum Gasteiger partial charge on any atom is -0.314 e. The summed E-state index contributed by atoms with van der Waals surface area (Å²) in [6.07, 6.45) is 4.12. The third-order valence-electron chi connectivity index (χ3n) is 4.11. The minimum absolute atomic E-state index is 0.270. The Balaban J connectivity index is 2.26. The SMILES string of the molecule is CCN(CC)CCCN(CC)S(=O)(=O)CCCNC1CC1. The maximum Gasteiger partial charge on any atom is 0.214 e. The van der Waals surface area contributed by atoms with Crippen molar-refractivity contribution < 1.29 is 8.42 Å². The first-order chi connectivity index (χ1) is 10.0. The van der Waals surface area contributed by atoms with Crippen LogP contribution >= 0.6 is 0 Å². The highest BCUT2D eigenvalue weighted by Crippen LogP contribution is 2.18. The summed E-state index contributed by atoms with van der Waals surface area (Å²) in [5.41, 5.74) is 0. The highest BCUT2D eigenvalue weighted by molar-refractivity contribution is 7.89. The van der Waals surface area contributed by atoms with Crippen molar-refractivity contribution in [2.45, 2.75) is 52.5 Å². The summed E-state index contributed by atoms with van der Waals surface area (Å²) >= 11 is 0. The van der Waals surface area contributed by atoms with E-state index in [0.29, 0.717) is 25.6 Å². The van der Waals surface area contributed by atoms with Gasteiger partial charge in [0.1, 0.15) is 0 Å². The molecule has 0 aliphatic heterocycles. The number of nitrogens with one attached hydrogen (secondary N) is 1. The quantitative estimate of drug-likeness (QED) is 0.523. The topological polar surface area (TPSA) is 52.7 Å². The zero-order chi connectivity index (χ0) is 15.7. The van der Waals surface area contributed by atoms with Crippen LogP contribution in [0.2, 0.25) is 0 Å². The lowest BCUT2D eigenvalue weighted by molar-refractivity contribution is 0.285. The van der Waals surface area contributed by atoms with Gasteiger partial charge in [0.15, 0.2) is 0 Å². The maximum absolute atomic E-state index is 12.3. The third kappa shape index (κ3) is 7.58. The predicted octanol–water partition coefficient (Wildman–Crippen LogP) is 1.51. The molecule has 1 saturated carbocycles. The molecular weight excluding hydrogens is 286 g/mol. The van der Waals surface area contributed by atoms with Crippen LogP contribution in [0.5, 0.6) is 0 Å². The van der Waals surface area contributed by atoms with Gasteiger partial charge in [-0.2, -0.15) is 0 Å². The fourth-order valence-corrected chi connectivity index (χ4v) is 4.05. The van der Waals surface area contributed by atoms with Crippen LogP contribution < -0.4 is 5.32 Å². The van der Waals surface area contributed by atoms with Gasteiger partial charge in [-0.15, -0.1) is 0 Å². The minimum atomic E-state index is -3.09. The Kier molecular flexibility index (Phi) is 8.78. The van der Waals surface area contributed by atoms with Crippen LogP contribution in [0.3, 0.4) is 0 Å². The van der Waals surface area contributed by atoms with Gasteiger partial charge in [0.05, 0.1) is 5.75 Å². The van der Waals surface area contributed by atoms with Crippen molar-refractivity contribution in [2.24, 2.45) is 0 Å². The summed E-state index contributed by atoms with van der Waals surface area (Å²) in [7, 11) is -3.09. The Morgan fingerprint density at radius 1 is 1.00 bits per heavy atom. The van der Waals surface area contributed by atoms with E-state index in [1.165, 1.54) is 12.8 Å². The molecule has 21 heavy (non-hydrogen) atoms. The van der Waals surface area contributed by atoms with Gasteiger partial charge in [0.25, 0.3) is 0 Å². The summed E-state index contributed by atoms with van der Waals surface area (Å²) in [4.78, 5) is 2.33. The first kappa shape index (κ1) is 18.9. The van der Waals surface area contributed by atoms with E-state index in [1.807, 2.05) is 6.92 Å². The van der Waals surface area contributed by atoms with E-state index in [9.17, 15) is 8.42 Å². The number of rotatable bonds is 13. The van der Waals surface area contributed by atoms with Gasteiger partial charge in [-0.1, -0.05) is 20.8 Å². The molecule has 126 valence electrons. The number of nitrogens with zero attached hydrogens (tertiary/aromatic N) is 2. The normalized spacial score (nSPS) is 16.0. The van der Waals surface area contributed by atoms with E-state index in [2.05, 4.69) is 24.1 Å². The summed E-state index contributed by atoms with van der Waals surface area (Å²) < 4.78 is 26.3. The van der Waals surface area contributed by atoms with E-state index in [1.54, 1.807) is 4.31 Å². The second-order valence-corrected chi connectivity index (χ2v) is 7.86. The lowest BCUT2D eigenvalue weighted by Gasteiger charge is -2.23. The molecule has 0 radical (unpaired) electrons. The van der Waals surface area contributed by atoms with Crippen molar-refractivity contribution in [3.63, 3.8) is 0 Å². The molecule has 0 aromatic heterocycles. The van der Waals surface area contributed by atoms with Crippen molar-refractivity contribution in [3.8, 4) is 0 Å². The molecule has 0 unspecified atom stereocenters. The molecule has 0 heterocycles. The Labute approximate surface area is 131 Å². The van der Waals surface area contributed by atoms with Crippen LogP contribution in [-0.4, -0.2) is 68.7 Å². The van der Waals surface area contributed by atoms with Crippen LogP contribution in [0.15, 0.2) is 0 Å². The maximum atomic E-state index is 12.3. The van der Waals surface area contributed by atoms with Gasteiger partial charge in [-0.25, -0.2) is 12.7 Å². The summed E-state index contributed by atoms with van der Waals surface area (Å²) in [5, 5.41) is 3.37. The third-order valence-corrected chi connectivity index (χ3v) is 6.14. The van der Waals surface area contributed by atoms with Crippen molar-refractivity contribution >= 4 is 10.0 Å². The van der Waals surface area contributed by atoms with Crippen molar-refractivity contribution in [1.29, 1.82) is 0 Å². The first-order valence-electron chi connectivity index (χ1n) is 8.47. The van der Waals surface area contributed by atoms with Crippen LogP contribution in [-0.2, 0) is 10.0 Å². The Morgan fingerprint density at radius 3 is 2.19 bits per heavy atom. The molecule has 5 nitrogen and oxygen atoms in total. The zero-order valence-corrected chi connectivity index (χ0v) is 14.8. The van der Waals surface area contributed by atoms with E-state index < -0.39 is 10.0 Å². The molecular formula is C15H33N3O2S. The van der Waals surface area contributed by atoms with Crippen molar-refractivity contribution in [2.75, 3.05) is 45.0 Å². The van der Waals surface area contributed by atoms with Gasteiger partial charge >= 0.3 is 0 Å². The van der Waals surface area contributed by atoms with Gasteiger partial charge in [0, 0.05) is 19.1 Å².